The molecule has 0 N–H and O–H groups in total. The number of rotatable bonds is 3. The highest BCUT2D eigenvalue weighted by Crippen LogP contribution is 2.28. The Balaban J connectivity index is 1.34. The van der Waals surface area contributed by atoms with E-state index in [1.165, 1.54) is 5.56 Å². The zero-order valence-electron chi connectivity index (χ0n) is 15.8. The van der Waals surface area contributed by atoms with Crippen LogP contribution >= 0.6 is 0 Å². The maximum absolute atomic E-state index is 12.9. The van der Waals surface area contributed by atoms with Crippen LogP contribution in [0.25, 0.3) is 0 Å². The van der Waals surface area contributed by atoms with Crippen LogP contribution in [-0.4, -0.2) is 67.4 Å². The van der Waals surface area contributed by atoms with E-state index < -0.39 is 0 Å². The minimum atomic E-state index is -0.370. The number of amides is 1. The smallest absolute Gasteiger partial charge is 0.263 e. The standard InChI is InChI=1S/C20H25N5O2/c1-23(2)18-9-10-19(22-21-18)24-11-13-25(14-12-24)20(26)17-8-7-15-5-3-4-6-16(15)27-17/h3-6,9-10,17H,7-8,11-14H2,1-2H3. The van der Waals surface area contributed by atoms with Gasteiger partial charge in [0.15, 0.2) is 17.7 Å². The molecule has 2 aromatic rings. The number of aryl methyl sites for hydroxylation is 1. The summed E-state index contributed by atoms with van der Waals surface area (Å²) >= 11 is 0. The number of anilines is 2. The van der Waals surface area contributed by atoms with Crippen molar-refractivity contribution in [1.82, 2.24) is 15.1 Å². The number of hydrogen-bond donors (Lipinski definition) is 0. The summed E-state index contributed by atoms with van der Waals surface area (Å²) in [6.45, 7) is 2.87. The van der Waals surface area contributed by atoms with Crippen molar-refractivity contribution in [2.24, 2.45) is 0 Å². The zero-order chi connectivity index (χ0) is 18.8. The largest absolute Gasteiger partial charge is 0.480 e. The molecule has 1 atom stereocenters. The molecule has 1 aromatic carbocycles. The lowest BCUT2D eigenvalue weighted by atomic mass is 10.0. The number of benzene rings is 1. The summed E-state index contributed by atoms with van der Waals surface area (Å²) in [5.74, 6) is 2.63. The molecule has 7 heteroatoms. The van der Waals surface area contributed by atoms with Crippen molar-refractivity contribution in [3.05, 3.63) is 42.0 Å². The quantitative estimate of drug-likeness (QED) is 0.821. The van der Waals surface area contributed by atoms with Gasteiger partial charge in [-0.3, -0.25) is 4.79 Å². The Morgan fingerprint density at radius 3 is 2.56 bits per heavy atom. The summed E-state index contributed by atoms with van der Waals surface area (Å²) in [6, 6.07) is 11.9. The van der Waals surface area contributed by atoms with Crippen molar-refractivity contribution in [3.63, 3.8) is 0 Å². The van der Waals surface area contributed by atoms with E-state index in [2.05, 4.69) is 21.2 Å². The van der Waals surface area contributed by atoms with Crippen molar-refractivity contribution in [1.29, 1.82) is 0 Å². The van der Waals surface area contributed by atoms with Gasteiger partial charge in [0, 0.05) is 40.3 Å². The second-order valence-electron chi connectivity index (χ2n) is 7.21. The Hall–Kier alpha value is -2.83. The average molecular weight is 367 g/mol. The molecule has 1 fully saturated rings. The van der Waals surface area contributed by atoms with Gasteiger partial charge in [-0.1, -0.05) is 18.2 Å². The normalized spacial score (nSPS) is 19.3. The van der Waals surface area contributed by atoms with E-state index in [-0.39, 0.29) is 12.0 Å². The van der Waals surface area contributed by atoms with E-state index in [9.17, 15) is 4.79 Å². The number of carbonyl (C=O) groups excluding carboxylic acids is 1. The van der Waals surface area contributed by atoms with Crippen molar-refractivity contribution in [2.45, 2.75) is 18.9 Å². The van der Waals surface area contributed by atoms with Crippen LogP contribution in [-0.2, 0) is 11.2 Å². The Morgan fingerprint density at radius 1 is 1.07 bits per heavy atom. The molecule has 27 heavy (non-hydrogen) atoms. The SMILES string of the molecule is CN(C)c1ccc(N2CCN(C(=O)C3CCc4ccccc4O3)CC2)nn1. The third-order valence-electron chi connectivity index (χ3n) is 5.20. The Bertz CT molecular complexity index is 800. The van der Waals surface area contributed by atoms with E-state index in [0.29, 0.717) is 13.1 Å². The highest BCUT2D eigenvalue weighted by atomic mass is 16.5. The minimum Gasteiger partial charge on any atom is -0.480 e. The molecule has 1 amide bonds. The fourth-order valence-electron chi connectivity index (χ4n) is 3.58. The number of aromatic nitrogens is 2. The fraction of sp³-hybridized carbons (Fsp3) is 0.450. The average Bonchev–Trinajstić information content (AvgIpc) is 2.73. The number of carbonyl (C=O) groups is 1. The molecular weight excluding hydrogens is 342 g/mol. The zero-order valence-corrected chi connectivity index (χ0v) is 15.8. The first-order valence-electron chi connectivity index (χ1n) is 9.41. The van der Waals surface area contributed by atoms with Crippen LogP contribution in [0.3, 0.4) is 0 Å². The topological polar surface area (TPSA) is 61.8 Å². The van der Waals surface area contributed by atoms with E-state index in [4.69, 9.17) is 4.74 Å². The molecule has 2 aliphatic heterocycles. The third kappa shape index (κ3) is 3.67. The van der Waals surface area contributed by atoms with Gasteiger partial charge in [0.05, 0.1) is 0 Å². The lowest BCUT2D eigenvalue weighted by Gasteiger charge is -2.37. The number of piperazine rings is 1. The van der Waals surface area contributed by atoms with Gasteiger partial charge in [0.1, 0.15) is 5.75 Å². The monoisotopic (exact) mass is 367 g/mol. The Labute approximate surface area is 159 Å². The predicted molar refractivity (Wildman–Crippen MR) is 104 cm³/mol. The van der Waals surface area contributed by atoms with Crippen LogP contribution in [0.15, 0.2) is 36.4 Å². The van der Waals surface area contributed by atoms with Gasteiger partial charge in [-0.15, -0.1) is 10.2 Å². The first kappa shape index (κ1) is 17.6. The summed E-state index contributed by atoms with van der Waals surface area (Å²) in [4.78, 5) is 18.9. The first-order valence-corrected chi connectivity index (χ1v) is 9.41. The van der Waals surface area contributed by atoms with Crippen molar-refractivity contribution < 1.29 is 9.53 Å². The number of nitrogens with zero attached hydrogens (tertiary/aromatic N) is 5. The van der Waals surface area contributed by atoms with Gasteiger partial charge in [-0.2, -0.15) is 0 Å². The van der Waals surface area contributed by atoms with Crippen LogP contribution in [0.2, 0.25) is 0 Å². The highest BCUT2D eigenvalue weighted by molar-refractivity contribution is 5.82. The molecular formula is C20H25N5O2. The highest BCUT2D eigenvalue weighted by Gasteiger charge is 2.31. The summed E-state index contributed by atoms with van der Waals surface area (Å²) in [7, 11) is 3.89. The minimum absolute atomic E-state index is 0.0955. The van der Waals surface area contributed by atoms with Gasteiger partial charge >= 0.3 is 0 Å². The summed E-state index contributed by atoms with van der Waals surface area (Å²) in [6.07, 6.45) is 1.26. The molecule has 0 aliphatic carbocycles. The lowest BCUT2D eigenvalue weighted by molar-refractivity contribution is -0.139. The third-order valence-corrected chi connectivity index (χ3v) is 5.20. The second kappa shape index (κ2) is 7.42. The molecule has 4 rings (SSSR count). The molecule has 2 aliphatic rings. The number of para-hydroxylation sites is 1. The molecule has 3 heterocycles. The van der Waals surface area contributed by atoms with Gasteiger partial charge in [0.25, 0.3) is 5.91 Å². The fourth-order valence-corrected chi connectivity index (χ4v) is 3.58. The van der Waals surface area contributed by atoms with Crippen LogP contribution < -0.4 is 14.5 Å². The first-order chi connectivity index (χ1) is 13.1. The maximum Gasteiger partial charge on any atom is 0.263 e. The van der Waals surface area contributed by atoms with Gasteiger partial charge < -0.3 is 19.4 Å². The molecule has 7 nitrogen and oxygen atoms in total. The predicted octanol–water partition coefficient (Wildman–Crippen LogP) is 1.58. The molecule has 0 radical (unpaired) electrons. The molecule has 0 saturated carbocycles. The number of hydrogen-bond acceptors (Lipinski definition) is 6. The number of ether oxygens (including phenoxy) is 1. The molecule has 0 spiro atoms. The molecule has 1 unspecified atom stereocenters. The van der Waals surface area contributed by atoms with E-state index in [0.717, 1.165) is 43.3 Å². The summed E-state index contributed by atoms with van der Waals surface area (Å²) < 4.78 is 5.96. The van der Waals surface area contributed by atoms with Gasteiger partial charge in [0.2, 0.25) is 0 Å². The van der Waals surface area contributed by atoms with Gasteiger partial charge in [-0.05, 0) is 36.6 Å². The van der Waals surface area contributed by atoms with Crippen LogP contribution in [0.1, 0.15) is 12.0 Å². The van der Waals surface area contributed by atoms with Crippen molar-refractivity contribution in [3.8, 4) is 5.75 Å². The Kier molecular flexibility index (Phi) is 4.83. The maximum atomic E-state index is 12.9. The Morgan fingerprint density at radius 2 is 1.85 bits per heavy atom. The lowest BCUT2D eigenvalue weighted by Crippen LogP contribution is -2.53. The van der Waals surface area contributed by atoms with E-state index in [1.807, 2.05) is 54.2 Å². The molecule has 1 aromatic heterocycles. The second-order valence-corrected chi connectivity index (χ2v) is 7.21. The number of fused-ring (bicyclic) bond motifs is 1. The van der Waals surface area contributed by atoms with Gasteiger partial charge in [-0.25, -0.2) is 0 Å². The van der Waals surface area contributed by atoms with E-state index >= 15 is 0 Å². The van der Waals surface area contributed by atoms with Crippen LogP contribution in [0, 0.1) is 0 Å². The molecule has 1 saturated heterocycles. The summed E-state index contributed by atoms with van der Waals surface area (Å²) in [5, 5.41) is 8.55. The summed E-state index contributed by atoms with van der Waals surface area (Å²) in [5.41, 5.74) is 1.19. The van der Waals surface area contributed by atoms with E-state index in [1.54, 1.807) is 0 Å². The molecule has 142 valence electrons. The molecule has 0 bridgehead atoms. The van der Waals surface area contributed by atoms with Crippen molar-refractivity contribution in [2.75, 3.05) is 50.1 Å². The van der Waals surface area contributed by atoms with Crippen molar-refractivity contribution >= 4 is 17.5 Å². The van der Waals surface area contributed by atoms with Crippen LogP contribution in [0.5, 0.6) is 5.75 Å². The van der Waals surface area contributed by atoms with Crippen LogP contribution in [0.4, 0.5) is 11.6 Å².